The van der Waals surface area contributed by atoms with Crippen LogP contribution in [0.15, 0.2) is 73.1 Å². The fourth-order valence-corrected chi connectivity index (χ4v) is 4.67. The van der Waals surface area contributed by atoms with Gasteiger partial charge in [-0.3, -0.25) is 14.5 Å². The molecule has 4 aromatic heterocycles. The van der Waals surface area contributed by atoms with E-state index in [0.29, 0.717) is 39.8 Å². The molecule has 38 heavy (non-hydrogen) atoms. The van der Waals surface area contributed by atoms with Gasteiger partial charge in [-0.05, 0) is 54.1 Å². The number of rotatable bonds is 5. The summed E-state index contributed by atoms with van der Waals surface area (Å²) in [4.78, 5) is 22.3. The van der Waals surface area contributed by atoms with Crippen molar-refractivity contribution < 1.29 is 4.39 Å². The highest BCUT2D eigenvalue weighted by Gasteiger charge is 2.20. The van der Waals surface area contributed by atoms with Gasteiger partial charge in [-0.2, -0.15) is 5.26 Å². The lowest BCUT2D eigenvalue weighted by atomic mass is 10.1. The predicted molar refractivity (Wildman–Crippen MR) is 142 cm³/mol. The van der Waals surface area contributed by atoms with Gasteiger partial charge >= 0.3 is 0 Å². The van der Waals surface area contributed by atoms with Crippen LogP contribution >= 0.6 is 0 Å². The van der Waals surface area contributed by atoms with Crippen molar-refractivity contribution in [2.24, 2.45) is 0 Å². The number of nitriles is 1. The van der Waals surface area contributed by atoms with Gasteiger partial charge in [0.2, 0.25) is 0 Å². The van der Waals surface area contributed by atoms with Gasteiger partial charge < -0.3 is 10.6 Å². The Morgan fingerprint density at radius 1 is 0.895 bits per heavy atom. The fraction of sp³-hybridized carbons (Fsp3) is 0.179. The molecule has 0 unspecified atom stereocenters. The molecular weight excluding hydrogens is 481 g/mol. The number of anilines is 1. The zero-order valence-corrected chi connectivity index (χ0v) is 20.5. The molecule has 0 aliphatic carbocycles. The second kappa shape index (κ2) is 9.88. The smallest absolute Gasteiger partial charge is 0.179 e. The Kier molecular flexibility index (Phi) is 6.11. The van der Waals surface area contributed by atoms with Gasteiger partial charge in [0.15, 0.2) is 17.7 Å². The van der Waals surface area contributed by atoms with Crippen LogP contribution in [0.2, 0.25) is 0 Å². The average Bonchev–Trinajstić information content (AvgIpc) is 3.33. The Bertz CT molecular complexity index is 1630. The molecule has 0 atom stereocenters. The summed E-state index contributed by atoms with van der Waals surface area (Å²) in [6, 6.07) is 18.7. The summed E-state index contributed by atoms with van der Waals surface area (Å²) in [7, 11) is 0. The van der Waals surface area contributed by atoms with Gasteiger partial charge in [0.25, 0.3) is 0 Å². The summed E-state index contributed by atoms with van der Waals surface area (Å²) >= 11 is 0. The molecule has 0 saturated carbocycles. The number of fused-ring (bicyclic) bond motifs is 1. The van der Waals surface area contributed by atoms with Gasteiger partial charge in [0, 0.05) is 44.6 Å². The molecule has 1 aliphatic rings. The number of pyridine rings is 3. The second-order valence-electron chi connectivity index (χ2n) is 9.14. The summed E-state index contributed by atoms with van der Waals surface area (Å²) in [5.41, 5.74) is 11.5. The van der Waals surface area contributed by atoms with Crippen molar-refractivity contribution in [2.75, 3.05) is 31.9 Å². The summed E-state index contributed by atoms with van der Waals surface area (Å²) < 4.78 is 15.4. The number of piperazine rings is 1. The van der Waals surface area contributed by atoms with E-state index in [2.05, 4.69) is 33.2 Å². The maximum absolute atomic E-state index is 13.5. The molecule has 0 amide bonds. The molecule has 2 N–H and O–H groups in total. The number of nitrogens with zero attached hydrogens (tertiary/aromatic N) is 8. The lowest BCUT2D eigenvalue weighted by Crippen LogP contribution is -2.43. The number of imidazole rings is 1. The highest BCUT2D eigenvalue weighted by molar-refractivity contribution is 5.84. The predicted octanol–water partition coefficient (Wildman–Crippen LogP) is 3.86. The lowest BCUT2D eigenvalue weighted by molar-refractivity contribution is 0.167. The third-order valence-electron chi connectivity index (χ3n) is 6.69. The molecule has 5 heterocycles. The Balaban J connectivity index is 1.41. The first-order chi connectivity index (χ1) is 18.6. The minimum Gasteiger partial charge on any atom is -0.383 e. The van der Waals surface area contributed by atoms with Crippen molar-refractivity contribution in [3.05, 3.63) is 84.4 Å². The maximum Gasteiger partial charge on any atom is 0.179 e. The van der Waals surface area contributed by atoms with E-state index in [1.54, 1.807) is 17.2 Å². The van der Waals surface area contributed by atoms with Crippen LogP contribution in [0.5, 0.6) is 0 Å². The van der Waals surface area contributed by atoms with Crippen molar-refractivity contribution in [3.8, 4) is 34.7 Å². The van der Waals surface area contributed by atoms with Crippen molar-refractivity contribution in [1.82, 2.24) is 34.3 Å². The Morgan fingerprint density at radius 3 is 2.39 bits per heavy atom. The molecule has 6 rings (SSSR count). The molecule has 188 valence electrons. The van der Waals surface area contributed by atoms with Crippen molar-refractivity contribution in [1.29, 1.82) is 5.26 Å². The normalized spacial score (nSPS) is 14.1. The van der Waals surface area contributed by atoms with Crippen LogP contribution < -0.4 is 5.73 Å². The molecule has 1 aliphatic heterocycles. The quantitative estimate of drug-likeness (QED) is 0.358. The van der Waals surface area contributed by atoms with E-state index in [4.69, 9.17) is 21.0 Å². The summed E-state index contributed by atoms with van der Waals surface area (Å²) in [5, 5.41) is 9.09. The van der Waals surface area contributed by atoms with Gasteiger partial charge in [0.05, 0.1) is 23.1 Å². The van der Waals surface area contributed by atoms with E-state index in [-0.39, 0.29) is 0 Å². The number of nitrogens with two attached hydrogens (primary N) is 1. The molecule has 10 heteroatoms. The molecule has 9 nitrogen and oxygen atoms in total. The second-order valence-corrected chi connectivity index (χ2v) is 9.14. The van der Waals surface area contributed by atoms with Crippen LogP contribution in [0.3, 0.4) is 0 Å². The first kappa shape index (κ1) is 23.5. The average molecular weight is 506 g/mol. The van der Waals surface area contributed by atoms with E-state index < -0.39 is 5.82 Å². The van der Waals surface area contributed by atoms with Gasteiger partial charge in [-0.25, -0.2) is 19.3 Å². The first-order valence-electron chi connectivity index (χ1n) is 12.3. The summed E-state index contributed by atoms with van der Waals surface area (Å²) in [5.74, 6) is 0.599. The molecule has 0 spiro atoms. The molecule has 1 fully saturated rings. The monoisotopic (exact) mass is 505 g/mol. The largest absolute Gasteiger partial charge is 0.383 e. The molecule has 1 aromatic carbocycles. The van der Waals surface area contributed by atoms with Crippen LogP contribution in [0.25, 0.3) is 39.6 Å². The number of halogens is 1. The molecule has 5 aromatic rings. The number of hydrogen-bond donors (Lipinski definition) is 1. The van der Waals surface area contributed by atoms with E-state index >= 15 is 0 Å². The SMILES string of the molecule is N#CN1CCN(Cc2ccc(-n3c(-c4cccnc4N)nc4ccc(-c5ccc(F)cn5)nc43)cc2)CC1. The third kappa shape index (κ3) is 4.51. The maximum atomic E-state index is 13.5. The van der Waals surface area contributed by atoms with Crippen LogP contribution in [-0.2, 0) is 6.54 Å². The minimum absolute atomic E-state index is 0.373. The standard InChI is InChI=1S/C28H24FN9/c29-20-5-8-23(33-16-20)24-9-10-25-28(34-24)38(27(35-25)22-2-1-11-32-26(22)31)21-6-3-19(4-7-21)17-36-12-14-37(18-30)15-13-36/h1-11,16H,12-15,17H2,(H2,31,32). The minimum atomic E-state index is -0.402. The van der Waals surface area contributed by atoms with Gasteiger partial charge in [0.1, 0.15) is 17.2 Å². The van der Waals surface area contributed by atoms with Crippen LogP contribution in [-0.4, -0.2) is 60.5 Å². The summed E-state index contributed by atoms with van der Waals surface area (Å²) in [6.07, 6.45) is 5.05. The first-order valence-corrected chi connectivity index (χ1v) is 12.3. The third-order valence-corrected chi connectivity index (χ3v) is 6.69. The van der Waals surface area contributed by atoms with Crippen LogP contribution in [0.1, 0.15) is 5.56 Å². The Morgan fingerprint density at radius 2 is 1.68 bits per heavy atom. The Hall–Kier alpha value is -4.88. The van der Waals surface area contributed by atoms with Gasteiger partial charge in [-0.15, -0.1) is 0 Å². The topological polar surface area (TPSA) is 113 Å². The number of nitrogen functional groups attached to an aromatic ring is 1. The van der Waals surface area contributed by atoms with E-state index in [1.807, 2.05) is 41.0 Å². The number of benzene rings is 1. The van der Waals surface area contributed by atoms with Crippen molar-refractivity contribution in [3.63, 3.8) is 0 Å². The van der Waals surface area contributed by atoms with Crippen molar-refractivity contribution in [2.45, 2.75) is 6.54 Å². The highest BCUT2D eigenvalue weighted by Crippen LogP contribution is 2.31. The van der Waals surface area contributed by atoms with Crippen LogP contribution in [0, 0.1) is 17.3 Å². The van der Waals surface area contributed by atoms with Crippen LogP contribution in [0.4, 0.5) is 10.2 Å². The zero-order chi connectivity index (χ0) is 26.1. The molecule has 0 radical (unpaired) electrons. The Labute approximate surface area is 218 Å². The van der Waals surface area contributed by atoms with E-state index in [1.165, 1.54) is 17.8 Å². The highest BCUT2D eigenvalue weighted by atomic mass is 19.1. The molecule has 0 bridgehead atoms. The number of aromatic nitrogens is 5. The van der Waals surface area contributed by atoms with E-state index in [0.717, 1.165) is 38.4 Å². The summed E-state index contributed by atoms with van der Waals surface area (Å²) in [6.45, 7) is 4.03. The zero-order valence-electron chi connectivity index (χ0n) is 20.5. The molecule has 1 saturated heterocycles. The lowest BCUT2D eigenvalue weighted by Gasteiger charge is -2.31. The number of hydrogen-bond acceptors (Lipinski definition) is 8. The van der Waals surface area contributed by atoms with Crippen molar-refractivity contribution >= 4 is 17.0 Å². The van der Waals surface area contributed by atoms with E-state index in [9.17, 15) is 4.39 Å². The molecular formula is C28H24FN9. The van der Waals surface area contributed by atoms with Gasteiger partial charge in [-0.1, -0.05) is 12.1 Å². The fourth-order valence-electron chi connectivity index (χ4n) is 4.67.